The minimum absolute atomic E-state index is 0.102. The van der Waals surface area contributed by atoms with E-state index in [0.29, 0.717) is 10.6 Å². The zero-order valence-corrected chi connectivity index (χ0v) is 11.9. The van der Waals surface area contributed by atoms with Crippen molar-refractivity contribution in [1.82, 2.24) is 0 Å². The van der Waals surface area contributed by atoms with Gasteiger partial charge in [0.2, 0.25) is 0 Å². The number of rotatable bonds is 5. The van der Waals surface area contributed by atoms with Gasteiger partial charge in [-0.05, 0) is 17.7 Å². The number of nitrogens with zero attached hydrogens (tertiary/aromatic N) is 1. The van der Waals surface area contributed by atoms with E-state index in [1.54, 1.807) is 24.3 Å². The normalized spacial score (nSPS) is 10.3. The van der Waals surface area contributed by atoms with Crippen LogP contribution in [0.15, 0.2) is 42.5 Å². The van der Waals surface area contributed by atoms with Crippen molar-refractivity contribution < 1.29 is 9.66 Å². The lowest BCUT2D eigenvalue weighted by atomic mass is 10.2. The van der Waals surface area contributed by atoms with E-state index in [9.17, 15) is 10.1 Å². The first-order valence-electron chi connectivity index (χ1n) is 5.81. The maximum absolute atomic E-state index is 11.0. The molecule has 0 atom stereocenters. The molecule has 4 nitrogen and oxygen atoms in total. The van der Waals surface area contributed by atoms with Crippen LogP contribution in [0.2, 0.25) is 5.02 Å². The van der Waals surface area contributed by atoms with Gasteiger partial charge in [0.15, 0.2) is 5.75 Å². The molecular weight excluding hydrogens is 301 g/mol. The fraction of sp³-hybridized carbons (Fsp3) is 0.143. The van der Waals surface area contributed by atoms with E-state index in [1.165, 1.54) is 6.07 Å². The van der Waals surface area contributed by atoms with Crippen LogP contribution in [0, 0.1) is 10.1 Å². The average Bonchev–Trinajstić information content (AvgIpc) is 2.46. The van der Waals surface area contributed by atoms with Crippen molar-refractivity contribution in [2.24, 2.45) is 0 Å². The third-order valence-electron chi connectivity index (χ3n) is 2.72. The molecule has 0 aromatic heterocycles. The highest BCUT2D eigenvalue weighted by Crippen LogP contribution is 2.29. The SMILES string of the molecule is O=[N+]([O-])c1cc(CCl)ccc1OCc1ccccc1Cl. The molecule has 0 aliphatic heterocycles. The molecule has 0 fully saturated rings. The summed E-state index contributed by atoms with van der Waals surface area (Å²) in [6, 6.07) is 11.8. The third-order valence-corrected chi connectivity index (χ3v) is 3.39. The van der Waals surface area contributed by atoms with E-state index in [0.717, 1.165) is 5.56 Å². The molecule has 0 amide bonds. The van der Waals surface area contributed by atoms with Gasteiger partial charge in [-0.1, -0.05) is 35.9 Å². The van der Waals surface area contributed by atoms with Gasteiger partial charge in [0.05, 0.1) is 4.92 Å². The van der Waals surface area contributed by atoms with Crippen molar-refractivity contribution in [2.75, 3.05) is 0 Å². The first-order chi connectivity index (χ1) is 9.61. The van der Waals surface area contributed by atoms with Crippen molar-refractivity contribution in [3.8, 4) is 5.75 Å². The van der Waals surface area contributed by atoms with Crippen LogP contribution >= 0.6 is 23.2 Å². The molecule has 0 unspecified atom stereocenters. The van der Waals surface area contributed by atoms with Crippen LogP contribution in [0.25, 0.3) is 0 Å². The van der Waals surface area contributed by atoms with Gasteiger partial charge >= 0.3 is 5.69 Å². The van der Waals surface area contributed by atoms with Crippen LogP contribution in [0.3, 0.4) is 0 Å². The molecule has 0 aliphatic rings. The summed E-state index contributed by atoms with van der Waals surface area (Å²) < 4.78 is 5.50. The Morgan fingerprint density at radius 1 is 1.20 bits per heavy atom. The van der Waals surface area contributed by atoms with Gasteiger partial charge in [0.25, 0.3) is 0 Å². The number of hydrogen-bond acceptors (Lipinski definition) is 3. The average molecular weight is 312 g/mol. The highest BCUT2D eigenvalue weighted by atomic mass is 35.5. The number of nitro benzene ring substituents is 1. The van der Waals surface area contributed by atoms with Crippen molar-refractivity contribution in [3.05, 3.63) is 68.7 Å². The minimum Gasteiger partial charge on any atom is -0.482 e. The Kier molecular flexibility index (Phi) is 4.82. The highest BCUT2D eigenvalue weighted by Gasteiger charge is 2.16. The maximum Gasteiger partial charge on any atom is 0.311 e. The zero-order valence-electron chi connectivity index (χ0n) is 10.4. The number of alkyl halides is 1. The highest BCUT2D eigenvalue weighted by molar-refractivity contribution is 6.31. The summed E-state index contributed by atoms with van der Waals surface area (Å²) in [6.07, 6.45) is 0. The van der Waals surface area contributed by atoms with Crippen LogP contribution in [0.1, 0.15) is 11.1 Å². The lowest BCUT2D eigenvalue weighted by Gasteiger charge is -2.08. The lowest BCUT2D eigenvalue weighted by Crippen LogP contribution is -2.00. The molecule has 0 N–H and O–H groups in total. The third kappa shape index (κ3) is 3.40. The zero-order chi connectivity index (χ0) is 14.5. The van der Waals surface area contributed by atoms with E-state index in [-0.39, 0.29) is 23.9 Å². The molecule has 20 heavy (non-hydrogen) atoms. The predicted octanol–water partition coefficient (Wildman–Crippen LogP) is 4.57. The Morgan fingerprint density at radius 3 is 2.60 bits per heavy atom. The van der Waals surface area contributed by atoms with Crippen LogP contribution < -0.4 is 4.74 Å². The lowest BCUT2D eigenvalue weighted by molar-refractivity contribution is -0.386. The number of nitro groups is 1. The number of halogens is 2. The van der Waals surface area contributed by atoms with Gasteiger partial charge in [0, 0.05) is 22.5 Å². The van der Waals surface area contributed by atoms with Crippen molar-refractivity contribution >= 4 is 28.9 Å². The summed E-state index contributed by atoms with van der Waals surface area (Å²) in [5, 5.41) is 11.6. The van der Waals surface area contributed by atoms with E-state index in [4.69, 9.17) is 27.9 Å². The second-order valence-corrected chi connectivity index (χ2v) is 4.75. The fourth-order valence-corrected chi connectivity index (χ4v) is 2.04. The molecule has 0 saturated heterocycles. The standard InChI is InChI=1S/C14H11Cl2NO3/c15-8-10-5-6-14(13(7-10)17(18)19)20-9-11-3-1-2-4-12(11)16/h1-7H,8-9H2. The predicted molar refractivity (Wildman–Crippen MR) is 78.4 cm³/mol. The molecular formula is C14H11Cl2NO3. The monoisotopic (exact) mass is 311 g/mol. The van der Waals surface area contributed by atoms with Crippen molar-refractivity contribution in [2.45, 2.75) is 12.5 Å². The quantitative estimate of drug-likeness (QED) is 0.462. The Morgan fingerprint density at radius 2 is 1.95 bits per heavy atom. The summed E-state index contributed by atoms with van der Waals surface area (Å²) >= 11 is 11.7. The molecule has 0 saturated carbocycles. The largest absolute Gasteiger partial charge is 0.482 e. The van der Waals surface area contributed by atoms with Crippen molar-refractivity contribution in [1.29, 1.82) is 0 Å². The first-order valence-corrected chi connectivity index (χ1v) is 6.72. The summed E-state index contributed by atoms with van der Waals surface area (Å²) in [4.78, 5) is 10.5. The topological polar surface area (TPSA) is 52.4 Å². The number of benzene rings is 2. The molecule has 0 spiro atoms. The van der Waals surface area contributed by atoms with Crippen LogP contribution in [0.5, 0.6) is 5.75 Å². The fourth-order valence-electron chi connectivity index (χ4n) is 1.68. The smallest absolute Gasteiger partial charge is 0.311 e. The Labute approximate surface area is 126 Å². The molecule has 104 valence electrons. The maximum atomic E-state index is 11.0. The number of hydrogen-bond donors (Lipinski definition) is 0. The van der Waals surface area contributed by atoms with Crippen molar-refractivity contribution in [3.63, 3.8) is 0 Å². The van der Waals surface area contributed by atoms with Gasteiger partial charge in [0.1, 0.15) is 6.61 Å². The number of ether oxygens (including phenoxy) is 1. The molecule has 0 bridgehead atoms. The van der Waals surface area contributed by atoms with E-state index in [1.807, 2.05) is 12.1 Å². The Balaban J connectivity index is 2.21. The molecule has 2 aromatic rings. The minimum atomic E-state index is -0.488. The van der Waals surface area contributed by atoms with Gasteiger partial charge in [-0.15, -0.1) is 11.6 Å². The Bertz CT molecular complexity index is 632. The van der Waals surface area contributed by atoms with Gasteiger partial charge < -0.3 is 4.74 Å². The second kappa shape index (κ2) is 6.59. The second-order valence-electron chi connectivity index (χ2n) is 4.07. The van der Waals surface area contributed by atoms with Gasteiger partial charge in [-0.2, -0.15) is 0 Å². The van der Waals surface area contributed by atoms with Gasteiger partial charge in [-0.25, -0.2) is 0 Å². The molecule has 0 heterocycles. The Hall–Kier alpha value is -1.78. The summed E-state index contributed by atoms with van der Waals surface area (Å²) in [5.74, 6) is 0.412. The van der Waals surface area contributed by atoms with E-state index in [2.05, 4.69) is 0 Å². The van der Waals surface area contributed by atoms with Crippen LogP contribution in [-0.4, -0.2) is 4.92 Å². The summed E-state index contributed by atoms with van der Waals surface area (Å²) in [5.41, 5.74) is 1.34. The van der Waals surface area contributed by atoms with Gasteiger partial charge in [-0.3, -0.25) is 10.1 Å². The van der Waals surface area contributed by atoms with Crippen LogP contribution in [0.4, 0.5) is 5.69 Å². The van der Waals surface area contributed by atoms with Crippen LogP contribution in [-0.2, 0) is 12.5 Å². The molecule has 0 aliphatic carbocycles. The molecule has 2 rings (SSSR count). The summed E-state index contributed by atoms with van der Waals surface area (Å²) in [7, 11) is 0. The first kappa shape index (κ1) is 14.6. The van der Waals surface area contributed by atoms with E-state index >= 15 is 0 Å². The molecule has 6 heteroatoms. The molecule has 0 radical (unpaired) electrons. The summed E-state index contributed by atoms with van der Waals surface area (Å²) in [6.45, 7) is 0.167. The molecule has 2 aromatic carbocycles. The van der Waals surface area contributed by atoms with E-state index < -0.39 is 4.92 Å².